The first-order chi connectivity index (χ1) is 13.4. The average molecular weight is 405 g/mol. The number of hydrogen-bond donors (Lipinski definition) is 0. The summed E-state index contributed by atoms with van der Waals surface area (Å²) in [5.74, 6) is -0.139. The zero-order chi connectivity index (χ0) is 19.7. The summed E-state index contributed by atoms with van der Waals surface area (Å²) in [7, 11) is -3.66. The molecule has 9 heteroatoms. The number of piperidine rings is 1. The van der Waals surface area contributed by atoms with Crippen molar-refractivity contribution >= 4 is 10.0 Å². The molecule has 1 aliphatic rings. The van der Waals surface area contributed by atoms with Crippen molar-refractivity contribution in [1.82, 2.24) is 14.5 Å². The zero-order valence-electron chi connectivity index (χ0n) is 14.8. The molecule has 6 nitrogen and oxygen atoms in total. The van der Waals surface area contributed by atoms with Gasteiger partial charge in [0.2, 0.25) is 21.8 Å². The molecule has 1 aliphatic heterocycles. The van der Waals surface area contributed by atoms with Crippen molar-refractivity contribution in [3.63, 3.8) is 0 Å². The van der Waals surface area contributed by atoms with E-state index >= 15 is 0 Å². The number of aromatic nitrogens is 2. The number of hydrogen-bond acceptors (Lipinski definition) is 5. The summed E-state index contributed by atoms with van der Waals surface area (Å²) in [6.07, 6.45) is 1.07. The highest BCUT2D eigenvalue weighted by Crippen LogP contribution is 2.31. The number of rotatable bonds is 4. The van der Waals surface area contributed by atoms with Gasteiger partial charge in [-0.05, 0) is 61.4 Å². The molecule has 2 heterocycles. The maximum absolute atomic E-state index is 13.1. The van der Waals surface area contributed by atoms with Crippen LogP contribution in [-0.4, -0.2) is 36.0 Å². The lowest BCUT2D eigenvalue weighted by Gasteiger charge is -2.29. The fraction of sp³-hybridized carbons (Fsp3) is 0.263. The molecule has 1 saturated heterocycles. The number of benzene rings is 2. The van der Waals surface area contributed by atoms with E-state index in [1.807, 2.05) is 0 Å². The Kier molecular flexibility index (Phi) is 4.94. The third-order valence-electron chi connectivity index (χ3n) is 4.79. The molecule has 146 valence electrons. The second-order valence-electron chi connectivity index (χ2n) is 6.58. The van der Waals surface area contributed by atoms with E-state index in [9.17, 15) is 17.2 Å². The van der Waals surface area contributed by atoms with Crippen LogP contribution in [0.4, 0.5) is 8.78 Å². The summed E-state index contributed by atoms with van der Waals surface area (Å²) in [5.41, 5.74) is 0.622. The molecule has 0 saturated carbocycles. The molecule has 0 atom stereocenters. The fourth-order valence-corrected chi connectivity index (χ4v) is 4.68. The molecule has 0 unspecified atom stereocenters. The van der Waals surface area contributed by atoms with Gasteiger partial charge in [-0.15, -0.1) is 10.2 Å². The maximum Gasteiger partial charge on any atom is 0.247 e. The Morgan fingerprint density at radius 3 is 2.07 bits per heavy atom. The van der Waals surface area contributed by atoms with Gasteiger partial charge in [-0.25, -0.2) is 17.2 Å². The van der Waals surface area contributed by atoms with E-state index in [0.29, 0.717) is 43.3 Å². The average Bonchev–Trinajstić information content (AvgIpc) is 3.19. The SMILES string of the molecule is O=S(=O)(c1ccc(F)cc1)N1CCC(c2nnc(-c3ccc(F)cc3)o2)CC1. The van der Waals surface area contributed by atoms with Gasteiger partial charge in [-0.2, -0.15) is 4.31 Å². The van der Waals surface area contributed by atoms with E-state index in [4.69, 9.17) is 4.42 Å². The Bertz CT molecular complexity index is 1060. The molecule has 2 aromatic carbocycles. The van der Waals surface area contributed by atoms with Gasteiger partial charge in [-0.3, -0.25) is 0 Å². The minimum atomic E-state index is -3.66. The highest BCUT2D eigenvalue weighted by atomic mass is 32.2. The predicted octanol–water partition coefficient (Wildman–Crippen LogP) is 3.58. The van der Waals surface area contributed by atoms with Gasteiger partial charge in [0.05, 0.1) is 4.90 Å². The smallest absolute Gasteiger partial charge is 0.247 e. The molecule has 0 N–H and O–H groups in total. The van der Waals surface area contributed by atoms with Gasteiger partial charge >= 0.3 is 0 Å². The molecule has 1 fully saturated rings. The lowest BCUT2D eigenvalue weighted by molar-refractivity contribution is 0.291. The summed E-state index contributed by atoms with van der Waals surface area (Å²) in [5, 5.41) is 8.08. The third kappa shape index (κ3) is 3.67. The number of sulfonamides is 1. The molecule has 1 aromatic heterocycles. The Hall–Kier alpha value is -2.65. The highest BCUT2D eigenvalue weighted by molar-refractivity contribution is 7.89. The summed E-state index contributed by atoms with van der Waals surface area (Å²) < 4.78 is 58.5. The Balaban J connectivity index is 1.44. The van der Waals surface area contributed by atoms with E-state index in [0.717, 1.165) is 12.1 Å². The second kappa shape index (κ2) is 7.40. The molecule has 0 spiro atoms. The fourth-order valence-electron chi connectivity index (χ4n) is 3.21. The van der Waals surface area contributed by atoms with Crippen LogP contribution in [0.15, 0.2) is 57.8 Å². The summed E-state index contributed by atoms with van der Waals surface area (Å²) in [6, 6.07) is 10.6. The molecule has 0 radical (unpaired) electrons. The van der Waals surface area contributed by atoms with Gasteiger partial charge in [-0.1, -0.05) is 0 Å². The van der Waals surface area contributed by atoms with E-state index < -0.39 is 15.8 Å². The van der Waals surface area contributed by atoms with Crippen LogP contribution in [0.1, 0.15) is 24.7 Å². The number of nitrogens with zero attached hydrogens (tertiary/aromatic N) is 3. The first kappa shape index (κ1) is 18.7. The van der Waals surface area contributed by atoms with Gasteiger partial charge in [0.1, 0.15) is 11.6 Å². The van der Waals surface area contributed by atoms with Crippen LogP contribution in [0.3, 0.4) is 0 Å². The number of halogens is 2. The molecule has 28 heavy (non-hydrogen) atoms. The van der Waals surface area contributed by atoms with E-state index in [2.05, 4.69) is 10.2 Å². The van der Waals surface area contributed by atoms with Crippen molar-refractivity contribution in [2.45, 2.75) is 23.7 Å². The lowest BCUT2D eigenvalue weighted by atomic mass is 9.98. The van der Waals surface area contributed by atoms with Crippen LogP contribution in [0, 0.1) is 11.6 Å². The first-order valence-electron chi connectivity index (χ1n) is 8.78. The van der Waals surface area contributed by atoms with Gasteiger partial charge in [0.15, 0.2) is 0 Å². The molecule has 4 rings (SSSR count). The first-order valence-corrected chi connectivity index (χ1v) is 10.2. The minimum absolute atomic E-state index is 0.0543. The topological polar surface area (TPSA) is 76.3 Å². The van der Waals surface area contributed by atoms with Crippen LogP contribution in [0.2, 0.25) is 0 Å². The van der Waals surface area contributed by atoms with Crippen LogP contribution in [0.25, 0.3) is 11.5 Å². The highest BCUT2D eigenvalue weighted by Gasteiger charge is 2.32. The van der Waals surface area contributed by atoms with E-state index in [-0.39, 0.29) is 16.6 Å². The van der Waals surface area contributed by atoms with Crippen molar-refractivity contribution in [1.29, 1.82) is 0 Å². The Labute approximate surface area is 160 Å². The third-order valence-corrected chi connectivity index (χ3v) is 6.70. The minimum Gasteiger partial charge on any atom is -0.420 e. The molecule has 0 bridgehead atoms. The van der Waals surface area contributed by atoms with Crippen LogP contribution in [-0.2, 0) is 10.0 Å². The molecular weight excluding hydrogens is 388 g/mol. The van der Waals surface area contributed by atoms with Crippen molar-refractivity contribution in [3.05, 3.63) is 66.1 Å². The zero-order valence-corrected chi connectivity index (χ0v) is 15.6. The largest absolute Gasteiger partial charge is 0.420 e. The monoisotopic (exact) mass is 405 g/mol. The summed E-state index contributed by atoms with van der Waals surface area (Å²) >= 11 is 0. The summed E-state index contributed by atoms with van der Waals surface area (Å²) in [4.78, 5) is 0.0729. The van der Waals surface area contributed by atoms with Crippen LogP contribution >= 0.6 is 0 Å². The van der Waals surface area contributed by atoms with E-state index in [1.54, 1.807) is 12.1 Å². The van der Waals surface area contributed by atoms with Gasteiger partial charge in [0, 0.05) is 24.6 Å². The molecular formula is C19H17F2N3O3S. The molecule has 3 aromatic rings. The quantitative estimate of drug-likeness (QED) is 0.663. The second-order valence-corrected chi connectivity index (χ2v) is 8.52. The molecule has 0 amide bonds. The maximum atomic E-state index is 13.1. The normalized spacial score (nSPS) is 16.4. The van der Waals surface area contributed by atoms with Gasteiger partial charge < -0.3 is 4.42 Å². The van der Waals surface area contributed by atoms with E-state index in [1.165, 1.54) is 28.6 Å². The Morgan fingerprint density at radius 1 is 0.893 bits per heavy atom. The standard InChI is InChI=1S/C19H17F2N3O3S/c20-15-3-1-13(2-4-15)18-22-23-19(27-18)14-9-11-24(12-10-14)28(25,26)17-7-5-16(21)6-8-17/h1-8,14H,9-12H2. The van der Waals surface area contributed by atoms with Crippen LogP contribution in [0.5, 0.6) is 0 Å². The predicted molar refractivity (Wildman–Crippen MR) is 96.8 cm³/mol. The summed E-state index contributed by atoms with van der Waals surface area (Å²) in [6.45, 7) is 0.608. The lowest BCUT2D eigenvalue weighted by Crippen LogP contribution is -2.37. The van der Waals surface area contributed by atoms with Crippen molar-refractivity contribution < 1.29 is 21.6 Å². The van der Waals surface area contributed by atoms with Crippen molar-refractivity contribution in [2.75, 3.05) is 13.1 Å². The Morgan fingerprint density at radius 2 is 1.46 bits per heavy atom. The van der Waals surface area contributed by atoms with Crippen molar-refractivity contribution in [3.8, 4) is 11.5 Å². The van der Waals surface area contributed by atoms with Crippen molar-refractivity contribution in [2.24, 2.45) is 0 Å². The van der Waals surface area contributed by atoms with Gasteiger partial charge in [0.25, 0.3) is 0 Å². The molecule has 0 aliphatic carbocycles. The van der Waals surface area contributed by atoms with Crippen LogP contribution < -0.4 is 0 Å².